The summed E-state index contributed by atoms with van der Waals surface area (Å²) in [5, 5.41) is 20.4. The number of non-ortho nitro benzene ring substituents is 1. The molecule has 7 nitrogen and oxygen atoms in total. The molecule has 19 heavy (non-hydrogen) atoms. The molecule has 1 heterocycles. The Morgan fingerprint density at radius 2 is 1.95 bits per heavy atom. The molecule has 0 unspecified atom stereocenters. The first-order valence-corrected chi connectivity index (χ1v) is 5.45. The fourth-order valence-corrected chi connectivity index (χ4v) is 1.44. The maximum atomic E-state index is 11.7. The summed E-state index contributed by atoms with van der Waals surface area (Å²) in [6.07, 6.45) is 2.80. The number of benzene rings is 1. The van der Waals surface area contributed by atoms with Crippen LogP contribution in [0.15, 0.2) is 42.7 Å². The molecule has 1 aromatic carbocycles. The van der Waals surface area contributed by atoms with Crippen molar-refractivity contribution in [2.24, 2.45) is 0 Å². The largest absolute Gasteiger partial charge is 0.348 e. The van der Waals surface area contributed by atoms with Gasteiger partial charge < -0.3 is 5.32 Å². The fourth-order valence-electron chi connectivity index (χ4n) is 1.44. The van der Waals surface area contributed by atoms with Crippen molar-refractivity contribution in [3.8, 4) is 0 Å². The Morgan fingerprint density at radius 3 is 2.53 bits per heavy atom. The zero-order chi connectivity index (χ0) is 13.7. The second-order valence-electron chi connectivity index (χ2n) is 3.74. The molecule has 0 aliphatic carbocycles. The third kappa shape index (κ3) is 3.32. The van der Waals surface area contributed by atoms with Crippen LogP contribution in [0.2, 0.25) is 0 Å². The SMILES string of the molecule is O=C(NCc1ccc([N+](=O)[O-])cc1)c1ccnnc1. The number of nitrogens with one attached hydrogen (secondary N) is 1. The van der Waals surface area contributed by atoms with Crippen LogP contribution < -0.4 is 5.32 Å². The highest BCUT2D eigenvalue weighted by molar-refractivity contribution is 5.93. The Hall–Kier alpha value is -2.83. The Kier molecular flexibility index (Phi) is 3.77. The van der Waals surface area contributed by atoms with Gasteiger partial charge in [-0.3, -0.25) is 14.9 Å². The van der Waals surface area contributed by atoms with E-state index in [0.717, 1.165) is 5.56 Å². The lowest BCUT2D eigenvalue weighted by Gasteiger charge is -2.04. The summed E-state index contributed by atoms with van der Waals surface area (Å²) in [7, 11) is 0. The molecule has 2 aromatic rings. The maximum Gasteiger partial charge on any atom is 0.269 e. The smallest absolute Gasteiger partial charge is 0.269 e. The highest BCUT2D eigenvalue weighted by Crippen LogP contribution is 2.11. The first-order valence-electron chi connectivity index (χ1n) is 5.45. The van der Waals surface area contributed by atoms with Crippen molar-refractivity contribution in [1.82, 2.24) is 15.5 Å². The predicted molar refractivity (Wildman–Crippen MR) is 66.3 cm³/mol. The van der Waals surface area contributed by atoms with Gasteiger partial charge in [-0.2, -0.15) is 10.2 Å². The molecule has 1 N–H and O–H groups in total. The van der Waals surface area contributed by atoms with E-state index in [1.165, 1.54) is 24.5 Å². The molecule has 2 rings (SSSR count). The molecule has 0 saturated heterocycles. The van der Waals surface area contributed by atoms with Crippen LogP contribution in [0, 0.1) is 10.1 Å². The van der Waals surface area contributed by atoms with Crippen molar-refractivity contribution >= 4 is 11.6 Å². The fraction of sp³-hybridized carbons (Fsp3) is 0.0833. The topological polar surface area (TPSA) is 98.0 Å². The van der Waals surface area contributed by atoms with Gasteiger partial charge in [0.15, 0.2) is 0 Å². The van der Waals surface area contributed by atoms with Gasteiger partial charge in [0.05, 0.1) is 22.9 Å². The minimum Gasteiger partial charge on any atom is -0.348 e. The third-order valence-corrected chi connectivity index (χ3v) is 2.45. The maximum absolute atomic E-state index is 11.7. The zero-order valence-corrected chi connectivity index (χ0v) is 9.81. The number of carbonyl (C=O) groups excluding carboxylic acids is 1. The lowest BCUT2D eigenvalue weighted by Crippen LogP contribution is -2.22. The molecule has 0 fully saturated rings. The zero-order valence-electron chi connectivity index (χ0n) is 9.81. The highest BCUT2D eigenvalue weighted by atomic mass is 16.6. The van der Waals surface area contributed by atoms with Gasteiger partial charge in [0.2, 0.25) is 0 Å². The average molecular weight is 258 g/mol. The van der Waals surface area contributed by atoms with Gasteiger partial charge in [-0.25, -0.2) is 0 Å². The van der Waals surface area contributed by atoms with Crippen LogP contribution in [0.25, 0.3) is 0 Å². The highest BCUT2D eigenvalue weighted by Gasteiger charge is 2.07. The van der Waals surface area contributed by atoms with Gasteiger partial charge >= 0.3 is 0 Å². The van der Waals surface area contributed by atoms with E-state index in [4.69, 9.17) is 0 Å². The molecule has 0 radical (unpaired) electrons. The van der Waals surface area contributed by atoms with E-state index in [9.17, 15) is 14.9 Å². The van der Waals surface area contributed by atoms with Crippen molar-refractivity contribution in [2.45, 2.75) is 6.54 Å². The molecule has 0 aliphatic heterocycles. The number of amides is 1. The second-order valence-corrected chi connectivity index (χ2v) is 3.74. The molecule has 0 saturated carbocycles. The lowest BCUT2D eigenvalue weighted by molar-refractivity contribution is -0.384. The van der Waals surface area contributed by atoms with Crippen LogP contribution in [0.1, 0.15) is 15.9 Å². The van der Waals surface area contributed by atoms with Crippen LogP contribution in [-0.4, -0.2) is 21.0 Å². The predicted octanol–water partition coefficient (Wildman–Crippen LogP) is 1.31. The Morgan fingerprint density at radius 1 is 1.21 bits per heavy atom. The first-order chi connectivity index (χ1) is 9.16. The van der Waals surface area contributed by atoms with E-state index in [0.29, 0.717) is 12.1 Å². The van der Waals surface area contributed by atoms with Crippen molar-refractivity contribution in [3.05, 3.63) is 64.0 Å². The van der Waals surface area contributed by atoms with E-state index >= 15 is 0 Å². The van der Waals surface area contributed by atoms with Gasteiger partial charge in [-0.05, 0) is 11.6 Å². The number of nitrogens with zero attached hydrogens (tertiary/aromatic N) is 3. The summed E-state index contributed by atoms with van der Waals surface area (Å²) in [5.74, 6) is -0.270. The van der Waals surface area contributed by atoms with Gasteiger partial charge in [0.1, 0.15) is 0 Å². The minimum atomic E-state index is -0.467. The van der Waals surface area contributed by atoms with Crippen molar-refractivity contribution in [2.75, 3.05) is 0 Å². The summed E-state index contributed by atoms with van der Waals surface area (Å²) >= 11 is 0. The monoisotopic (exact) mass is 258 g/mol. The Labute approximate surface area is 108 Å². The van der Waals surface area contributed by atoms with E-state index in [1.807, 2.05) is 0 Å². The van der Waals surface area contributed by atoms with Crippen LogP contribution in [0.4, 0.5) is 5.69 Å². The number of hydrogen-bond donors (Lipinski definition) is 1. The molecular weight excluding hydrogens is 248 g/mol. The Bertz CT molecular complexity index is 584. The quantitative estimate of drug-likeness (QED) is 0.658. The number of nitro groups is 1. The molecule has 1 aromatic heterocycles. The molecule has 0 bridgehead atoms. The van der Waals surface area contributed by atoms with Gasteiger partial charge in [-0.15, -0.1) is 0 Å². The average Bonchev–Trinajstić information content (AvgIpc) is 2.46. The number of hydrogen-bond acceptors (Lipinski definition) is 5. The van der Waals surface area contributed by atoms with Gasteiger partial charge in [0.25, 0.3) is 11.6 Å². The van der Waals surface area contributed by atoms with E-state index in [-0.39, 0.29) is 11.6 Å². The summed E-state index contributed by atoms with van der Waals surface area (Å²) in [6, 6.07) is 7.55. The summed E-state index contributed by atoms with van der Waals surface area (Å²) in [6.45, 7) is 0.291. The van der Waals surface area contributed by atoms with Crippen LogP contribution >= 0.6 is 0 Å². The number of carbonyl (C=O) groups is 1. The summed E-state index contributed by atoms with van der Waals surface area (Å²) < 4.78 is 0. The molecular formula is C12H10N4O3. The molecule has 0 atom stereocenters. The number of rotatable bonds is 4. The Balaban J connectivity index is 1.95. The summed E-state index contributed by atoms with van der Waals surface area (Å²) in [5.41, 5.74) is 1.21. The van der Waals surface area contributed by atoms with Crippen molar-refractivity contribution in [1.29, 1.82) is 0 Å². The van der Waals surface area contributed by atoms with Crippen LogP contribution in [-0.2, 0) is 6.54 Å². The number of aromatic nitrogens is 2. The summed E-state index contributed by atoms with van der Waals surface area (Å²) in [4.78, 5) is 21.7. The molecule has 7 heteroatoms. The van der Waals surface area contributed by atoms with E-state index in [2.05, 4.69) is 15.5 Å². The normalized spacial score (nSPS) is 9.89. The van der Waals surface area contributed by atoms with Gasteiger partial charge in [-0.1, -0.05) is 12.1 Å². The lowest BCUT2D eigenvalue weighted by atomic mass is 10.2. The molecule has 96 valence electrons. The van der Waals surface area contributed by atoms with Crippen LogP contribution in [0.5, 0.6) is 0 Å². The standard InChI is InChI=1S/C12H10N4O3/c17-12(10-5-6-14-15-8-10)13-7-9-1-3-11(4-2-9)16(18)19/h1-6,8H,7H2,(H,13,17). The van der Waals surface area contributed by atoms with E-state index < -0.39 is 4.92 Å². The van der Waals surface area contributed by atoms with Gasteiger partial charge in [0, 0.05) is 18.7 Å². The first kappa shape index (κ1) is 12.6. The molecule has 0 aliphatic rings. The van der Waals surface area contributed by atoms with Crippen molar-refractivity contribution < 1.29 is 9.72 Å². The second kappa shape index (κ2) is 5.67. The van der Waals surface area contributed by atoms with Crippen LogP contribution in [0.3, 0.4) is 0 Å². The minimum absolute atomic E-state index is 0.0217. The van der Waals surface area contributed by atoms with Crippen molar-refractivity contribution in [3.63, 3.8) is 0 Å². The third-order valence-electron chi connectivity index (χ3n) is 2.45. The number of nitro benzene ring substituents is 1. The molecule has 0 spiro atoms. The molecule has 1 amide bonds. The van der Waals surface area contributed by atoms with E-state index in [1.54, 1.807) is 18.2 Å².